The van der Waals surface area contributed by atoms with Crippen molar-refractivity contribution in [1.29, 1.82) is 0 Å². The quantitative estimate of drug-likeness (QED) is 0.839. The normalized spacial score (nSPS) is 23.7. The Balaban J connectivity index is 2.07. The molecule has 0 radical (unpaired) electrons. The molecule has 2 unspecified atom stereocenters. The van der Waals surface area contributed by atoms with Crippen LogP contribution < -0.4 is 10.5 Å². The second-order valence-electron chi connectivity index (χ2n) is 5.56. The maximum Gasteiger partial charge on any atom is 0.242 e. The highest BCUT2D eigenvalue weighted by Crippen LogP contribution is 2.30. The Kier molecular flexibility index (Phi) is 4.94. The molecular formula is C14H21ClN2O2S. The number of hydrogen-bond donors (Lipinski definition) is 2. The van der Waals surface area contributed by atoms with Gasteiger partial charge in [0.25, 0.3) is 0 Å². The van der Waals surface area contributed by atoms with E-state index in [-0.39, 0.29) is 9.92 Å². The van der Waals surface area contributed by atoms with Crippen molar-refractivity contribution in [3.05, 3.63) is 23.2 Å². The molecule has 0 saturated heterocycles. The van der Waals surface area contributed by atoms with E-state index >= 15 is 0 Å². The first-order chi connectivity index (χ1) is 9.40. The number of halogens is 1. The van der Waals surface area contributed by atoms with Gasteiger partial charge in [-0.2, -0.15) is 0 Å². The Morgan fingerprint density at radius 2 is 2.05 bits per heavy atom. The van der Waals surface area contributed by atoms with Gasteiger partial charge in [0.2, 0.25) is 10.0 Å². The van der Waals surface area contributed by atoms with Crippen LogP contribution in [0.4, 0.5) is 5.69 Å². The van der Waals surface area contributed by atoms with E-state index in [1.165, 1.54) is 31.4 Å². The first kappa shape index (κ1) is 15.6. The fraction of sp³-hybridized carbons (Fsp3) is 0.571. The van der Waals surface area contributed by atoms with Gasteiger partial charge in [0.15, 0.2) is 0 Å². The van der Waals surface area contributed by atoms with Gasteiger partial charge in [-0.25, -0.2) is 13.1 Å². The summed E-state index contributed by atoms with van der Waals surface area (Å²) >= 11 is 5.97. The van der Waals surface area contributed by atoms with Crippen LogP contribution in [0.25, 0.3) is 0 Å². The summed E-state index contributed by atoms with van der Waals surface area (Å²) in [5.74, 6) is 0.972. The second-order valence-corrected chi connectivity index (χ2v) is 7.71. The van der Waals surface area contributed by atoms with E-state index in [9.17, 15) is 8.42 Å². The number of nitrogens with two attached hydrogens (primary N) is 1. The molecule has 20 heavy (non-hydrogen) atoms. The maximum absolute atomic E-state index is 12.3. The molecule has 0 aromatic heterocycles. The van der Waals surface area contributed by atoms with Gasteiger partial charge < -0.3 is 5.73 Å². The Bertz CT molecular complexity index is 575. The zero-order valence-corrected chi connectivity index (χ0v) is 13.2. The molecule has 0 spiro atoms. The molecule has 1 saturated carbocycles. The molecule has 0 aliphatic heterocycles. The van der Waals surface area contributed by atoms with Crippen molar-refractivity contribution in [3.63, 3.8) is 0 Å². The summed E-state index contributed by atoms with van der Waals surface area (Å²) in [6, 6.07) is 4.45. The fourth-order valence-corrected chi connectivity index (χ4v) is 4.37. The van der Waals surface area contributed by atoms with E-state index in [1.807, 2.05) is 0 Å². The molecule has 3 N–H and O–H groups in total. The van der Waals surface area contributed by atoms with Crippen molar-refractivity contribution >= 4 is 27.3 Å². The van der Waals surface area contributed by atoms with Crippen LogP contribution in [0, 0.1) is 11.8 Å². The Labute approximate surface area is 125 Å². The van der Waals surface area contributed by atoms with Crippen molar-refractivity contribution in [1.82, 2.24) is 4.72 Å². The maximum atomic E-state index is 12.3. The molecule has 2 rings (SSSR count). The highest BCUT2D eigenvalue weighted by Gasteiger charge is 2.24. The number of nitrogen functional groups attached to an aromatic ring is 1. The summed E-state index contributed by atoms with van der Waals surface area (Å²) in [5, 5.41) is 0.161. The molecular weight excluding hydrogens is 296 g/mol. The second kappa shape index (κ2) is 6.33. The Hall–Kier alpha value is -0.780. The van der Waals surface area contributed by atoms with Gasteiger partial charge >= 0.3 is 0 Å². The van der Waals surface area contributed by atoms with Crippen LogP contribution in [-0.4, -0.2) is 15.0 Å². The summed E-state index contributed by atoms with van der Waals surface area (Å²) in [5.41, 5.74) is 6.03. The molecule has 1 aromatic rings. The lowest BCUT2D eigenvalue weighted by atomic mass is 9.81. The van der Waals surface area contributed by atoms with Crippen LogP contribution in [-0.2, 0) is 10.0 Å². The topological polar surface area (TPSA) is 72.2 Å². The predicted molar refractivity (Wildman–Crippen MR) is 82.2 cm³/mol. The predicted octanol–water partition coefficient (Wildman–Crippen LogP) is 3.03. The molecule has 1 aliphatic carbocycles. The van der Waals surface area contributed by atoms with Gasteiger partial charge in [0.1, 0.15) is 4.90 Å². The van der Waals surface area contributed by atoms with Gasteiger partial charge in [-0.1, -0.05) is 37.8 Å². The van der Waals surface area contributed by atoms with Crippen molar-refractivity contribution in [2.24, 2.45) is 11.8 Å². The van der Waals surface area contributed by atoms with Crippen molar-refractivity contribution < 1.29 is 8.42 Å². The highest BCUT2D eigenvalue weighted by molar-refractivity contribution is 7.89. The molecule has 4 nitrogen and oxygen atoms in total. The molecule has 1 aliphatic rings. The monoisotopic (exact) mass is 316 g/mol. The average molecular weight is 317 g/mol. The van der Waals surface area contributed by atoms with Crippen LogP contribution in [0.2, 0.25) is 5.02 Å². The molecule has 1 aromatic carbocycles. The number of hydrogen-bond acceptors (Lipinski definition) is 3. The third-order valence-electron chi connectivity index (χ3n) is 4.07. The van der Waals surface area contributed by atoms with Crippen molar-refractivity contribution in [2.75, 3.05) is 12.3 Å². The SMILES string of the molecule is CC1CCCCC1CNS(=O)(=O)c1ccc(N)cc1Cl. The van der Waals surface area contributed by atoms with Crippen LogP contribution in [0.5, 0.6) is 0 Å². The Morgan fingerprint density at radius 1 is 1.35 bits per heavy atom. The van der Waals surface area contributed by atoms with Gasteiger partial charge in [0, 0.05) is 12.2 Å². The summed E-state index contributed by atoms with van der Waals surface area (Å²) in [6.07, 6.45) is 4.68. The van der Waals surface area contributed by atoms with Crippen molar-refractivity contribution in [2.45, 2.75) is 37.5 Å². The summed E-state index contributed by atoms with van der Waals surface area (Å²) in [6.45, 7) is 2.67. The molecule has 2 atom stereocenters. The van der Waals surface area contributed by atoms with E-state index in [0.717, 1.165) is 6.42 Å². The number of nitrogens with one attached hydrogen (secondary N) is 1. The largest absolute Gasteiger partial charge is 0.399 e. The number of anilines is 1. The lowest BCUT2D eigenvalue weighted by Crippen LogP contribution is -2.33. The molecule has 0 amide bonds. The highest BCUT2D eigenvalue weighted by atomic mass is 35.5. The first-order valence-corrected chi connectivity index (χ1v) is 8.81. The van der Waals surface area contributed by atoms with Crippen molar-refractivity contribution in [3.8, 4) is 0 Å². The number of sulfonamides is 1. The van der Waals surface area contributed by atoms with Gasteiger partial charge in [-0.15, -0.1) is 0 Å². The summed E-state index contributed by atoms with van der Waals surface area (Å²) < 4.78 is 27.2. The van der Waals surface area contributed by atoms with Gasteiger partial charge in [-0.3, -0.25) is 0 Å². The fourth-order valence-electron chi connectivity index (χ4n) is 2.73. The van der Waals surface area contributed by atoms with E-state index in [1.54, 1.807) is 6.07 Å². The molecule has 1 fully saturated rings. The lowest BCUT2D eigenvalue weighted by Gasteiger charge is -2.28. The molecule has 6 heteroatoms. The van der Waals surface area contributed by atoms with Gasteiger partial charge in [-0.05, 0) is 36.5 Å². The van der Waals surface area contributed by atoms with Crippen LogP contribution in [0.15, 0.2) is 23.1 Å². The third kappa shape index (κ3) is 3.65. The first-order valence-electron chi connectivity index (χ1n) is 6.95. The standard InChI is InChI=1S/C14H21ClN2O2S/c1-10-4-2-3-5-11(10)9-17-20(18,19)14-7-6-12(16)8-13(14)15/h6-8,10-11,17H,2-5,9,16H2,1H3. The van der Waals surface area contributed by atoms with Crippen LogP contribution in [0.1, 0.15) is 32.6 Å². The molecule has 0 heterocycles. The molecule has 0 bridgehead atoms. The zero-order valence-electron chi connectivity index (χ0n) is 11.6. The van der Waals surface area contributed by atoms with Crippen LogP contribution >= 0.6 is 11.6 Å². The number of rotatable bonds is 4. The minimum absolute atomic E-state index is 0.0943. The van der Waals surface area contributed by atoms with E-state index in [0.29, 0.717) is 24.1 Å². The lowest BCUT2D eigenvalue weighted by molar-refractivity contribution is 0.257. The summed E-state index contributed by atoms with van der Waals surface area (Å²) in [7, 11) is -3.57. The zero-order chi connectivity index (χ0) is 14.8. The average Bonchev–Trinajstić information content (AvgIpc) is 2.37. The summed E-state index contributed by atoms with van der Waals surface area (Å²) in [4.78, 5) is 0.0943. The van der Waals surface area contributed by atoms with E-state index in [4.69, 9.17) is 17.3 Å². The minimum Gasteiger partial charge on any atom is -0.399 e. The Morgan fingerprint density at radius 3 is 2.70 bits per heavy atom. The van der Waals surface area contributed by atoms with E-state index < -0.39 is 10.0 Å². The van der Waals surface area contributed by atoms with E-state index in [2.05, 4.69) is 11.6 Å². The number of benzene rings is 1. The van der Waals surface area contributed by atoms with Gasteiger partial charge in [0.05, 0.1) is 5.02 Å². The van der Waals surface area contributed by atoms with Crippen LogP contribution in [0.3, 0.4) is 0 Å². The molecule has 112 valence electrons. The minimum atomic E-state index is -3.57. The smallest absolute Gasteiger partial charge is 0.242 e. The third-order valence-corrected chi connectivity index (χ3v) is 5.98.